The first-order valence-corrected chi connectivity index (χ1v) is 11.2. The average Bonchev–Trinajstić information content (AvgIpc) is 3.20. The Labute approximate surface area is 196 Å². The molecule has 0 radical (unpaired) electrons. The fourth-order valence-electron chi connectivity index (χ4n) is 4.22. The Morgan fingerprint density at radius 1 is 1.24 bits per heavy atom. The van der Waals surface area contributed by atoms with Gasteiger partial charge in [0.15, 0.2) is 17.9 Å². The summed E-state index contributed by atoms with van der Waals surface area (Å²) in [5.74, 6) is -0.971. The first kappa shape index (κ1) is 23.7. The maximum atomic E-state index is 12.7. The van der Waals surface area contributed by atoms with Crippen LogP contribution in [0.15, 0.2) is 22.1 Å². The number of esters is 2. The van der Waals surface area contributed by atoms with Gasteiger partial charge in [0.05, 0.1) is 29.7 Å². The quantitative estimate of drug-likeness (QED) is 0.628. The van der Waals surface area contributed by atoms with E-state index in [1.807, 2.05) is 0 Å². The summed E-state index contributed by atoms with van der Waals surface area (Å²) in [4.78, 5) is 45.8. The monoisotopic (exact) mass is 471 g/mol. The predicted molar refractivity (Wildman–Crippen MR) is 126 cm³/mol. The molecule has 34 heavy (non-hydrogen) atoms. The van der Waals surface area contributed by atoms with Crippen molar-refractivity contribution in [3.63, 3.8) is 0 Å². The van der Waals surface area contributed by atoms with Gasteiger partial charge in [-0.1, -0.05) is 27.7 Å². The predicted octanol–water partition coefficient (Wildman–Crippen LogP) is 2.51. The molecule has 0 spiro atoms. The lowest BCUT2D eigenvalue weighted by atomic mass is 9.95. The number of nitrogens with zero attached hydrogens (tertiary/aromatic N) is 3. The standard InChI is InChI=1S/C23H29N5O6/c1-10(2)20(30)33-17-12(5)32-22(23(17,6)34-21(31)11(3)4)28-8-13-14(24)7-15(29)27-18-16(13)19(28)26-9-25-18/h7-12,17,22H,24H2,1-6H3,(H,25,26,27,29)/t12?,17-,22-,23?/m1/s1. The van der Waals surface area contributed by atoms with Gasteiger partial charge in [0.25, 0.3) is 5.56 Å². The van der Waals surface area contributed by atoms with Gasteiger partial charge in [-0.25, -0.2) is 4.99 Å². The van der Waals surface area contributed by atoms with Gasteiger partial charge < -0.3 is 29.8 Å². The molecule has 2 unspecified atom stereocenters. The number of aliphatic imine (C=N–C) groups is 1. The van der Waals surface area contributed by atoms with E-state index in [2.05, 4.69) is 15.3 Å². The number of ether oxygens (including phenoxy) is 3. The zero-order valence-corrected chi connectivity index (χ0v) is 20.0. The van der Waals surface area contributed by atoms with E-state index < -0.39 is 47.5 Å². The zero-order valence-electron chi connectivity index (χ0n) is 20.0. The van der Waals surface area contributed by atoms with Crippen LogP contribution in [-0.2, 0) is 23.8 Å². The number of hydrogen-bond donors (Lipinski definition) is 2. The second-order valence-electron chi connectivity index (χ2n) is 9.41. The van der Waals surface area contributed by atoms with Crippen LogP contribution in [0.3, 0.4) is 0 Å². The number of nitrogens with one attached hydrogen (secondary N) is 1. The minimum Gasteiger partial charge on any atom is -0.455 e. The highest BCUT2D eigenvalue weighted by Gasteiger charge is 2.59. The third kappa shape index (κ3) is 3.79. The van der Waals surface area contributed by atoms with Gasteiger partial charge in [-0.2, -0.15) is 4.98 Å². The normalized spacial score (nSPS) is 25.6. The second kappa shape index (κ2) is 8.39. The van der Waals surface area contributed by atoms with Crippen molar-refractivity contribution in [3.05, 3.63) is 22.6 Å². The van der Waals surface area contributed by atoms with Gasteiger partial charge in [0.1, 0.15) is 11.6 Å². The fourth-order valence-corrected chi connectivity index (χ4v) is 4.22. The van der Waals surface area contributed by atoms with Crippen molar-refractivity contribution in [1.82, 2.24) is 9.55 Å². The molecule has 4 rings (SSSR count). The lowest BCUT2D eigenvalue weighted by Crippen LogP contribution is -2.50. The van der Waals surface area contributed by atoms with Crippen molar-refractivity contribution in [2.45, 2.75) is 65.6 Å². The molecule has 3 N–H and O–H groups in total. The Morgan fingerprint density at radius 2 is 1.91 bits per heavy atom. The first-order chi connectivity index (χ1) is 15.9. The molecule has 11 nitrogen and oxygen atoms in total. The van der Waals surface area contributed by atoms with Gasteiger partial charge in [0.2, 0.25) is 0 Å². The highest BCUT2D eigenvalue weighted by molar-refractivity contribution is 6.10. The van der Waals surface area contributed by atoms with Crippen LogP contribution in [-0.4, -0.2) is 45.6 Å². The number of nitrogens with two attached hydrogens (primary N) is 1. The number of carbonyl (C=O) groups excluding carboxylic acids is 2. The number of nitrogen functional groups attached to an aromatic ring is 1. The Balaban J connectivity index is 1.90. The van der Waals surface area contributed by atoms with E-state index in [0.29, 0.717) is 22.4 Å². The van der Waals surface area contributed by atoms with Crippen LogP contribution >= 0.6 is 0 Å². The number of rotatable bonds is 5. The maximum absolute atomic E-state index is 12.7. The molecule has 2 aliphatic heterocycles. The van der Waals surface area contributed by atoms with Crippen LogP contribution in [0.25, 0.3) is 10.8 Å². The molecule has 0 amide bonds. The Bertz CT molecular complexity index is 1250. The first-order valence-electron chi connectivity index (χ1n) is 11.2. The molecule has 11 heteroatoms. The van der Waals surface area contributed by atoms with E-state index >= 15 is 0 Å². The van der Waals surface area contributed by atoms with Gasteiger partial charge in [0, 0.05) is 23.3 Å². The minimum atomic E-state index is -1.38. The van der Waals surface area contributed by atoms with Crippen molar-refractivity contribution in [2.24, 2.45) is 16.8 Å². The van der Waals surface area contributed by atoms with Crippen molar-refractivity contribution < 1.29 is 23.8 Å². The second-order valence-corrected chi connectivity index (χ2v) is 9.41. The maximum Gasteiger partial charge on any atom is 0.309 e. The summed E-state index contributed by atoms with van der Waals surface area (Å²) in [5.41, 5.74) is 4.52. The van der Waals surface area contributed by atoms with Gasteiger partial charge >= 0.3 is 11.9 Å². The van der Waals surface area contributed by atoms with E-state index in [0.717, 1.165) is 0 Å². The van der Waals surface area contributed by atoms with E-state index in [4.69, 9.17) is 19.9 Å². The summed E-state index contributed by atoms with van der Waals surface area (Å²) in [5, 5.41) is 3.93. The summed E-state index contributed by atoms with van der Waals surface area (Å²) in [6, 6.07) is 1.23. The largest absolute Gasteiger partial charge is 0.455 e. The SMILES string of the molecule is CC(C)C(=O)O[C@@H]1C(C)O[C@@H](n2cc3c(N)cc(=O)nc4c3c2N=CN4)C1(C)OC(=O)C(C)C. The van der Waals surface area contributed by atoms with Crippen LogP contribution in [0, 0.1) is 11.8 Å². The Kier molecular flexibility index (Phi) is 5.84. The molecule has 182 valence electrons. The smallest absolute Gasteiger partial charge is 0.309 e. The summed E-state index contributed by atoms with van der Waals surface area (Å²) < 4.78 is 19.7. The van der Waals surface area contributed by atoms with Crippen LogP contribution in [0.1, 0.15) is 47.8 Å². The van der Waals surface area contributed by atoms with Crippen molar-refractivity contribution in [3.8, 4) is 0 Å². The van der Waals surface area contributed by atoms with Gasteiger partial charge in [-0.3, -0.25) is 14.4 Å². The van der Waals surface area contributed by atoms with Gasteiger partial charge in [-0.05, 0) is 13.8 Å². The van der Waals surface area contributed by atoms with Crippen LogP contribution < -0.4 is 16.6 Å². The van der Waals surface area contributed by atoms with Crippen molar-refractivity contribution >= 4 is 46.4 Å². The minimum absolute atomic E-state index is 0.215. The molecular weight excluding hydrogens is 442 g/mol. The topological polar surface area (TPSA) is 147 Å². The van der Waals surface area contributed by atoms with E-state index in [1.54, 1.807) is 52.3 Å². The molecule has 0 bridgehead atoms. The molecule has 4 heterocycles. The molecule has 4 atom stereocenters. The third-order valence-electron chi connectivity index (χ3n) is 6.03. The average molecular weight is 472 g/mol. The summed E-state index contributed by atoms with van der Waals surface area (Å²) in [6.07, 6.45) is 0.707. The molecule has 1 saturated heterocycles. The highest BCUT2D eigenvalue weighted by atomic mass is 16.7. The molecular formula is C23H29N5O6. The highest BCUT2D eigenvalue weighted by Crippen LogP contribution is 2.48. The van der Waals surface area contributed by atoms with Crippen LogP contribution in [0.4, 0.5) is 17.3 Å². The lowest BCUT2D eigenvalue weighted by Gasteiger charge is -2.35. The molecule has 0 saturated carbocycles. The third-order valence-corrected chi connectivity index (χ3v) is 6.03. The molecule has 1 fully saturated rings. The van der Waals surface area contributed by atoms with E-state index in [-0.39, 0.29) is 11.6 Å². The number of anilines is 2. The van der Waals surface area contributed by atoms with E-state index in [1.165, 1.54) is 12.4 Å². The zero-order chi connectivity index (χ0) is 24.9. The van der Waals surface area contributed by atoms with Crippen molar-refractivity contribution in [1.29, 1.82) is 0 Å². The summed E-state index contributed by atoms with van der Waals surface area (Å²) >= 11 is 0. The van der Waals surface area contributed by atoms with E-state index in [9.17, 15) is 14.4 Å². The number of hydrogen-bond acceptors (Lipinski definition) is 10. The fraction of sp³-hybridized carbons (Fsp3) is 0.522. The Morgan fingerprint density at radius 3 is 2.56 bits per heavy atom. The van der Waals surface area contributed by atoms with Crippen molar-refractivity contribution in [2.75, 3.05) is 11.1 Å². The van der Waals surface area contributed by atoms with Gasteiger partial charge in [-0.15, -0.1) is 0 Å². The lowest BCUT2D eigenvalue weighted by molar-refractivity contribution is -0.191. The summed E-state index contributed by atoms with van der Waals surface area (Å²) in [6.45, 7) is 10.3. The number of aromatic nitrogens is 2. The van der Waals surface area contributed by atoms with Crippen LogP contribution in [0.2, 0.25) is 0 Å². The molecule has 2 aromatic heterocycles. The number of carbonyl (C=O) groups is 2. The molecule has 0 aliphatic carbocycles. The molecule has 2 aromatic rings. The van der Waals surface area contributed by atoms with Crippen LogP contribution in [0.5, 0.6) is 0 Å². The molecule has 0 aromatic carbocycles. The summed E-state index contributed by atoms with van der Waals surface area (Å²) in [7, 11) is 0. The molecule has 2 aliphatic rings. The Hall–Kier alpha value is -3.47.